The maximum atomic E-state index is 11.6. The lowest BCUT2D eigenvalue weighted by Crippen LogP contribution is -2.01. The van der Waals surface area contributed by atoms with Crippen molar-refractivity contribution in [2.75, 3.05) is 17.3 Å². The number of benzene rings is 1. The number of nitrogens with two attached hydrogens (primary N) is 1. The number of sulfone groups is 1. The van der Waals surface area contributed by atoms with Crippen LogP contribution in [-0.2, 0) is 9.84 Å². The molecule has 0 radical (unpaired) electrons. The number of nitrogens with one attached hydrogen (secondary N) is 1. The zero-order valence-corrected chi connectivity index (χ0v) is 14.6. The van der Waals surface area contributed by atoms with Gasteiger partial charge in [-0.1, -0.05) is 17.4 Å². The normalized spacial score (nSPS) is 11.4. The van der Waals surface area contributed by atoms with Gasteiger partial charge in [0.15, 0.2) is 15.0 Å². The highest BCUT2D eigenvalue weighted by Crippen LogP contribution is 2.30. The van der Waals surface area contributed by atoms with Crippen LogP contribution in [0, 0.1) is 6.92 Å². The minimum absolute atomic E-state index is 0.231. The summed E-state index contributed by atoms with van der Waals surface area (Å²) in [5.74, 6) is 0.365. The molecule has 0 bridgehead atoms. The number of nitrogen functional groups attached to an aromatic ring is 1. The minimum atomic E-state index is -3.27. The van der Waals surface area contributed by atoms with Crippen molar-refractivity contribution < 1.29 is 8.42 Å². The molecule has 0 fully saturated rings. The first-order valence-corrected chi connectivity index (χ1v) is 9.67. The molecule has 0 aliphatic rings. The van der Waals surface area contributed by atoms with Gasteiger partial charge in [-0.3, -0.25) is 0 Å². The van der Waals surface area contributed by atoms with E-state index in [0.717, 1.165) is 10.6 Å². The molecule has 0 unspecified atom stereocenters. The quantitative estimate of drug-likeness (QED) is 0.735. The number of rotatable bonds is 4. The van der Waals surface area contributed by atoms with Crippen LogP contribution in [0.25, 0.3) is 10.6 Å². The second-order valence-corrected chi connectivity index (χ2v) is 8.20. The molecule has 3 rings (SSSR count). The molecular weight excluding hydrogens is 346 g/mol. The van der Waals surface area contributed by atoms with Crippen molar-refractivity contribution in [1.82, 2.24) is 15.0 Å². The number of hydrogen-bond acceptors (Lipinski definition) is 8. The summed E-state index contributed by atoms with van der Waals surface area (Å²) in [6.07, 6.45) is 2.79. The molecular formula is C15H15N5O2S2. The highest BCUT2D eigenvalue weighted by molar-refractivity contribution is 7.90. The second kappa shape index (κ2) is 6.17. The Kier molecular flexibility index (Phi) is 4.20. The molecule has 9 heteroatoms. The molecule has 3 aromatic rings. The van der Waals surface area contributed by atoms with Crippen molar-refractivity contribution in [3.05, 3.63) is 42.2 Å². The lowest BCUT2D eigenvalue weighted by molar-refractivity contribution is 0.602. The van der Waals surface area contributed by atoms with Gasteiger partial charge >= 0.3 is 0 Å². The number of anilines is 3. The summed E-state index contributed by atoms with van der Waals surface area (Å²) in [4.78, 5) is 13.9. The fourth-order valence-electron chi connectivity index (χ4n) is 2.13. The van der Waals surface area contributed by atoms with E-state index in [1.54, 1.807) is 36.5 Å². The summed E-state index contributed by atoms with van der Waals surface area (Å²) in [5.41, 5.74) is 7.83. The van der Waals surface area contributed by atoms with E-state index in [-0.39, 0.29) is 4.90 Å². The van der Waals surface area contributed by atoms with Crippen LogP contribution in [0.5, 0.6) is 0 Å². The standard InChI is InChI=1S/C15H15N5O2S2/c1-9-13(23-14(16)18-9)12-6-7-17-15(20-12)19-10-4-3-5-11(8-10)24(2,21)22/h3-8H,1-2H3,(H2,16,18)(H,17,19,20). The van der Waals surface area contributed by atoms with Crippen LogP contribution in [0.4, 0.5) is 16.8 Å². The Morgan fingerprint density at radius 2 is 2.00 bits per heavy atom. The van der Waals surface area contributed by atoms with Crippen molar-refractivity contribution in [3.63, 3.8) is 0 Å². The number of hydrogen-bond donors (Lipinski definition) is 2. The molecule has 0 amide bonds. The van der Waals surface area contributed by atoms with E-state index >= 15 is 0 Å². The van der Waals surface area contributed by atoms with Gasteiger partial charge in [0.2, 0.25) is 5.95 Å². The molecule has 2 aromatic heterocycles. The van der Waals surface area contributed by atoms with Gasteiger partial charge in [0, 0.05) is 18.1 Å². The van der Waals surface area contributed by atoms with E-state index in [1.807, 2.05) is 6.92 Å². The van der Waals surface area contributed by atoms with Gasteiger partial charge in [0.25, 0.3) is 0 Å². The van der Waals surface area contributed by atoms with E-state index in [9.17, 15) is 8.42 Å². The summed E-state index contributed by atoms with van der Waals surface area (Å²) >= 11 is 1.36. The van der Waals surface area contributed by atoms with E-state index in [2.05, 4.69) is 20.3 Å². The van der Waals surface area contributed by atoms with Crippen LogP contribution in [-0.4, -0.2) is 29.6 Å². The Balaban J connectivity index is 1.92. The summed E-state index contributed by atoms with van der Waals surface area (Å²) in [6.45, 7) is 1.87. The first kappa shape index (κ1) is 16.3. The largest absolute Gasteiger partial charge is 0.375 e. The van der Waals surface area contributed by atoms with Gasteiger partial charge in [-0.15, -0.1) is 0 Å². The molecule has 24 heavy (non-hydrogen) atoms. The predicted octanol–water partition coefficient (Wildman–Crippen LogP) is 2.64. The number of aryl methyl sites for hydroxylation is 1. The highest BCUT2D eigenvalue weighted by atomic mass is 32.2. The minimum Gasteiger partial charge on any atom is -0.375 e. The van der Waals surface area contributed by atoms with Crippen LogP contribution in [0.2, 0.25) is 0 Å². The predicted molar refractivity (Wildman–Crippen MR) is 95.1 cm³/mol. The van der Waals surface area contributed by atoms with Crippen LogP contribution >= 0.6 is 11.3 Å². The van der Waals surface area contributed by atoms with Gasteiger partial charge in [-0.2, -0.15) is 0 Å². The molecule has 3 N–H and O–H groups in total. The van der Waals surface area contributed by atoms with E-state index in [0.29, 0.717) is 22.5 Å². The topological polar surface area (TPSA) is 111 Å². The lowest BCUT2D eigenvalue weighted by Gasteiger charge is -2.07. The Morgan fingerprint density at radius 1 is 1.21 bits per heavy atom. The SMILES string of the molecule is Cc1nc(N)sc1-c1ccnc(Nc2cccc(S(C)(=O)=O)c2)n1. The van der Waals surface area contributed by atoms with Crippen LogP contribution in [0.1, 0.15) is 5.69 Å². The molecule has 0 aliphatic heterocycles. The molecule has 0 aliphatic carbocycles. The van der Waals surface area contributed by atoms with E-state index < -0.39 is 9.84 Å². The fourth-order valence-corrected chi connectivity index (χ4v) is 3.60. The summed E-state index contributed by atoms with van der Waals surface area (Å²) in [6, 6.07) is 8.28. The molecule has 124 valence electrons. The third-order valence-corrected chi connectivity index (χ3v) is 5.34. The second-order valence-electron chi connectivity index (χ2n) is 5.16. The molecule has 0 saturated carbocycles. The molecule has 0 spiro atoms. The van der Waals surface area contributed by atoms with Crippen LogP contribution in [0.15, 0.2) is 41.4 Å². The van der Waals surface area contributed by atoms with E-state index in [1.165, 1.54) is 17.6 Å². The first-order valence-electron chi connectivity index (χ1n) is 6.96. The Morgan fingerprint density at radius 3 is 2.67 bits per heavy atom. The summed E-state index contributed by atoms with van der Waals surface area (Å²) < 4.78 is 23.3. The summed E-state index contributed by atoms with van der Waals surface area (Å²) in [5, 5.41) is 3.50. The van der Waals surface area contributed by atoms with Crippen molar-refractivity contribution in [2.45, 2.75) is 11.8 Å². The monoisotopic (exact) mass is 361 g/mol. The van der Waals surface area contributed by atoms with Crippen molar-refractivity contribution >= 4 is 37.9 Å². The Bertz CT molecular complexity index is 999. The smallest absolute Gasteiger partial charge is 0.227 e. The Hall–Kier alpha value is -2.52. The number of thiazole rings is 1. The first-order chi connectivity index (χ1) is 11.3. The van der Waals surface area contributed by atoms with Crippen molar-refractivity contribution in [1.29, 1.82) is 0 Å². The zero-order chi connectivity index (χ0) is 17.3. The maximum absolute atomic E-state index is 11.6. The van der Waals surface area contributed by atoms with Crippen LogP contribution < -0.4 is 11.1 Å². The van der Waals surface area contributed by atoms with Gasteiger partial charge < -0.3 is 11.1 Å². The van der Waals surface area contributed by atoms with Crippen LogP contribution in [0.3, 0.4) is 0 Å². The average molecular weight is 361 g/mol. The number of aromatic nitrogens is 3. The molecule has 7 nitrogen and oxygen atoms in total. The van der Waals surface area contributed by atoms with Gasteiger partial charge in [0.05, 0.1) is 21.2 Å². The van der Waals surface area contributed by atoms with Gasteiger partial charge in [-0.25, -0.2) is 23.4 Å². The molecule has 0 atom stereocenters. The van der Waals surface area contributed by atoms with E-state index in [4.69, 9.17) is 5.73 Å². The van der Waals surface area contributed by atoms with Crippen molar-refractivity contribution in [3.8, 4) is 10.6 Å². The lowest BCUT2D eigenvalue weighted by atomic mass is 10.3. The summed E-state index contributed by atoms with van der Waals surface area (Å²) in [7, 11) is -3.27. The van der Waals surface area contributed by atoms with Crippen molar-refractivity contribution in [2.24, 2.45) is 0 Å². The van der Waals surface area contributed by atoms with Gasteiger partial charge in [-0.05, 0) is 31.2 Å². The average Bonchev–Trinajstić information content (AvgIpc) is 2.86. The fraction of sp³-hybridized carbons (Fsp3) is 0.133. The van der Waals surface area contributed by atoms with Gasteiger partial charge in [0.1, 0.15) is 0 Å². The third-order valence-electron chi connectivity index (χ3n) is 3.22. The molecule has 2 heterocycles. The highest BCUT2D eigenvalue weighted by Gasteiger charge is 2.11. The zero-order valence-electron chi connectivity index (χ0n) is 13.0. The maximum Gasteiger partial charge on any atom is 0.227 e. The molecule has 1 aromatic carbocycles. The third kappa shape index (κ3) is 3.52. The number of nitrogens with zero attached hydrogens (tertiary/aromatic N) is 3. The molecule has 0 saturated heterocycles. The Labute approximate surface area is 143 Å².